The molecule has 4 nitrogen and oxygen atoms in total. The van der Waals surface area contributed by atoms with E-state index in [0.29, 0.717) is 0 Å². The molecule has 0 aliphatic rings. The van der Waals surface area contributed by atoms with Crippen LogP contribution in [-0.4, -0.2) is 0 Å². The van der Waals surface area contributed by atoms with Gasteiger partial charge in [0.2, 0.25) is 0 Å². The second kappa shape index (κ2) is 33.6. The van der Waals surface area contributed by atoms with E-state index in [1.165, 1.54) is 131 Å². The molecule has 8 rings (SSSR count). The molecular formula is C112H169O4P3. The summed E-state index contributed by atoms with van der Waals surface area (Å²) >= 11 is 0. The van der Waals surface area contributed by atoms with E-state index >= 15 is 0 Å². The topological polar surface area (TPSA) is 86.2 Å². The zero-order valence-corrected chi connectivity index (χ0v) is 87.5. The van der Waals surface area contributed by atoms with Gasteiger partial charge in [-0.15, -0.1) is 0 Å². The van der Waals surface area contributed by atoms with Gasteiger partial charge in [0, 0.05) is 44.5 Å². The fraction of sp³-hybridized carbons (Fsp3) is 0.571. The van der Waals surface area contributed by atoms with E-state index in [-0.39, 0.29) is 88.1 Å². The van der Waals surface area contributed by atoms with E-state index in [9.17, 15) is 0 Å². The Labute approximate surface area is 734 Å². The average Bonchev–Trinajstić information content (AvgIpc) is 0.694. The summed E-state index contributed by atoms with van der Waals surface area (Å²) < 4.78 is 8.55. The zero-order chi connectivity index (χ0) is 92.3. The van der Waals surface area contributed by atoms with E-state index in [0.717, 1.165) is 0 Å². The Morgan fingerprint density at radius 1 is 0.168 bits per heavy atom. The molecule has 0 atom stereocenters. The predicted molar refractivity (Wildman–Crippen MR) is 530 cm³/mol. The number of benzene rings is 8. The Morgan fingerprint density at radius 2 is 0.244 bits per heavy atom. The summed E-state index contributed by atoms with van der Waals surface area (Å²) in [6.07, 6.45) is 0. The van der Waals surface area contributed by atoms with Crippen LogP contribution in [0.1, 0.15) is 423 Å². The monoisotopic (exact) mass is 1670 g/mol. The van der Waals surface area contributed by atoms with E-state index < -0.39 is 22.3 Å². The van der Waals surface area contributed by atoms with Crippen LogP contribution in [-0.2, 0) is 91.2 Å². The van der Waals surface area contributed by atoms with Crippen molar-refractivity contribution in [2.45, 2.75) is 419 Å². The Morgan fingerprint density at radius 3 is 0.303 bits per heavy atom. The predicted octanol–water partition coefficient (Wildman–Crippen LogP) is 26.7. The molecule has 0 bridgehead atoms. The third-order valence-corrected chi connectivity index (χ3v) is 33.2. The Kier molecular flexibility index (Phi) is 28.9. The third kappa shape index (κ3) is 23.5. The summed E-state index contributed by atoms with van der Waals surface area (Å²) in [4.78, 5) is 25.6. The number of hydrogen-bond donors (Lipinski definition) is 0. The van der Waals surface area contributed by atoms with Crippen LogP contribution in [0.4, 0.5) is 0 Å². The van der Waals surface area contributed by atoms with Crippen LogP contribution in [0.25, 0.3) is 0 Å². The minimum Gasteiger partial charge on any atom is -0.822 e. The van der Waals surface area contributed by atoms with Gasteiger partial charge in [0.05, 0.1) is 0 Å². The lowest BCUT2D eigenvalue weighted by molar-refractivity contribution is -0.432. The molecule has 0 unspecified atom stereocenters. The largest absolute Gasteiger partial charge is 1.00 e. The van der Waals surface area contributed by atoms with Gasteiger partial charge in [0.1, 0.15) is 57.0 Å². The van der Waals surface area contributed by atoms with Gasteiger partial charge in [-0.1, -0.05) is 429 Å². The van der Waals surface area contributed by atoms with E-state index in [4.69, 9.17) is 19.2 Å². The van der Waals surface area contributed by atoms with Gasteiger partial charge >= 0.3 is 1.43 Å². The maximum atomic E-state index is 8.55. The van der Waals surface area contributed by atoms with E-state index in [1.807, 2.05) is 0 Å². The van der Waals surface area contributed by atoms with Gasteiger partial charge in [0.15, 0.2) is 0 Å². The molecule has 0 saturated heterocycles. The Hall–Kier alpha value is -5.27. The van der Waals surface area contributed by atoms with Crippen LogP contribution < -0.4 is 57.1 Å². The van der Waals surface area contributed by atoms with Gasteiger partial charge in [0.25, 0.3) is 0 Å². The number of rotatable bonds is 8. The first-order chi connectivity index (χ1) is 52.7. The highest BCUT2D eigenvalue weighted by Gasteiger charge is 2.59. The van der Waals surface area contributed by atoms with Crippen LogP contribution >= 0.6 is 22.3 Å². The molecule has 8 aromatic carbocycles. The quantitative estimate of drug-likeness (QED) is 0.142. The van der Waals surface area contributed by atoms with Gasteiger partial charge in [-0.05, 0) is 180 Å². The van der Waals surface area contributed by atoms with Crippen molar-refractivity contribution in [3.63, 3.8) is 0 Å². The Bertz CT molecular complexity index is 4060. The van der Waals surface area contributed by atoms with Crippen molar-refractivity contribution in [2.24, 2.45) is 0 Å². The Balaban J connectivity index is 0.000000401. The zero-order valence-electron chi connectivity index (χ0n) is 85.8. The maximum Gasteiger partial charge on any atom is 1.00 e. The van der Waals surface area contributed by atoms with Crippen molar-refractivity contribution >= 4 is 64.8 Å². The van der Waals surface area contributed by atoms with Crippen LogP contribution in [0, 0.1) is 0 Å². The van der Waals surface area contributed by atoms with Gasteiger partial charge in [-0.2, -0.15) is 7.82 Å². The van der Waals surface area contributed by atoms with Crippen LogP contribution in [0.5, 0.6) is 0 Å². The second-order valence-electron chi connectivity index (χ2n) is 51.6. The maximum absolute atomic E-state index is 8.55. The van der Waals surface area contributed by atoms with Crippen LogP contribution in [0.2, 0.25) is 0 Å². The van der Waals surface area contributed by atoms with E-state index in [1.54, 1.807) is 0 Å². The number of phosphoric acid groups is 1. The third-order valence-electron chi connectivity index (χ3n) is 24.3. The molecule has 0 radical (unpaired) electrons. The molecule has 0 aromatic heterocycles. The molecular weight excluding hydrogens is 1500 g/mol. The van der Waals surface area contributed by atoms with Crippen molar-refractivity contribution in [3.05, 3.63) is 235 Å². The normalized spacial score (nSPS) is 14.2. The van der Waals surface area contributed by atoms with Crippen molar-refractivity contribution in [2.75, 3.05) is 0 Å². The molecule has 656 valence electrons. The SMILES string of the molecule is CC(C)(C)c1ccc([P+](c2ccc(C(C)(C)C)cc2C(C)(C)C)(c2ccc(C(C)(C)C)cc2C(C)(C)C)c2ccc(C(C)(C)C)cc2C(C)(C)C)c(C(C)(C)C)c1.CC(C)(C)c1ccc([P+](c2ccc(C(C)(C)C)cc2C(C)(C)C)(c2ccc(C(C)(C)C)cc2C(C)(C)C)c2ccc(C(C)(C)C)cc2C(C)(C)C)c(C(C)(C)C)c1.O=P([O-])([O-])[O-].[H+]. The second-order valence-corrected chi connectivity index (χ2v) is 59.1. The fourth-order valence-corrected chi connectivity index (χ4v) is 28.3. The van der Waals surface area contributed by atoms with Crippen LogP contribution in [0.3, 0.4) is 0 Å². The average molecular weight is 1670 g/mol. The highest BCUT2D eigenvalue weighted by molar-refractivity contribution is 8.02. The number of hydrogen-bond acceptors (Lipinski definition) is 4. The molecule has 0 fully saturated rings. The van der Waals surface area contributed by atoms with Gasteiger partial charge in [-0.3, -0.25) is 0 Å². The highest BCUT2D eigenvalue weighted by atomic mass is 31.2. The lowest BCUT2D eigenvalue weighted by Crippen LogP contribution is -2.48. The summed E-state index contributed by atoms with van der Waals surface area (Å²) in [6, 6.07) is 61.5. The minimum absolute atomic E-state index is 0. The lowest BCUT2D eigenvalue weighted by atomic mass is 9.80. The molecule has 0 aliphatic heterocycles. The summed E-state index contributed by atoms with van der Waals surface area (Å²) in [5.41, 5.74) is 22.0. The first-order valence-electron chi connectivity index (χ1n) is 44.4. The van der Waals surface area contributed by atoms with Gasteiger partial charge < -0.3 is 19.2 Å². The van der Waals surface area contributed by atoms with Gasteiger partial charge in [-0.25, -0.2) is 0 Å². The highest BCUT2D eigenvalue weighted by Crippen LogP contribution is 2.64. The molecule has 0 heterocycles. The van der Waals surface area contributed by atoms with Crippen LogP contribution in [0.15, 0.2) is 146 Å². The molecule has 0 amide bonds. The first kappa shape index (κ1) is 103. The standard InChI is InChI=1S/2C56H84P.H3O4P/c2*1-49(2,3)37-25-29-45(41(33-37)53(13,14)15)57(46-30-26-38(50(4,5)6)34-42(46)54(16,17)18,47-31-27-39(51(7,8)9)35-43(47)55(19,20)21)48-32-28-40(52(10,11)12)36-44(48)56(22,23)24;1-5(2,3)4/h2*25-36H,1-24H3;(H3,1,2,3,4)/q2*+1;/p-2. The van der Waals surface area contributed by atoms with Crippen molar-refractivity contribution in [1.82, 2.24) is 0 Å². The summed E-state index contributed by atoms with van der Waals surface area (Å²) in [5.74, 6) is 0. The van der Waals surface area contributed by atoms with Crippen molar-refractivity contribution in [3.8, 4) is 0 Å². The molecule has 0 saturated carbocycles. The fourth-order valence-electron chi connectivity index (χ4n) is 16.7. The molecule has 7 heteroatoms. The van der Waals surface area contributed by atoms with Crippen molar-refractivity contribution in [1.29, 1.82) is 0 Å². The molecule has 8 aromatic rings. The molecule has 0 spiro atoms. The summed E-state index contributed by atoms with van der Waals surface area (Å²) in [6.45, 7) is 115. The molecule has 119 heavy (non-hydrogen) atoms. The summed E-state index contributed by atoms with van der Waals surface area (Å²) in [5, 5.41) is 12.0. The molecule has 0 aliphatic carbocycles. The van der Waals surface area contributed by atoms with E-state index in [2.05, 4.69) is 478 Å². The summed E-state index contributed by atoms with van der Waals surface area (Å²) in [7, 11) is -10.8. The minimum atomic E-state index is -5.39. The van der Waals surface area contributed by atoms with Crippen molar-refractivity contribution < 1.29 is 20.7 Å². The lowest BCUT2D eigenvalue weighted by Gasteiger charge is -2.41. The first-order valence-corrected chi connectivity index (χ1v) is 49.5. The smallest absolute Gasteiger partial charge is 0.822 e. The molecule has 0 N–H and O–H groups in total.